The van der Waals surface area contributed by atoms with Gasteiger partial charge in [-0.2, -0.15) is 0 Å². The van der Waals surface area contributed by atoms with E-state index in [0.717, 1.165) is 38.2 Å². The van der Waals surface area contributed by atoms with Crippen LogP contribution >= 0.6 is 0 Å². The van der Waals surface area contributed by atoms with E-state index in [1.165, 1.54) is 12.0 Å². The van der Waals surface area contributed by atoms with Gasteiger partial charge >= 0.3 is 0 Å². The normalized spacial score (nSPS) is 18.2. The van der Waals surface area contributed by atoms with Crippen LogP contribution in [0.3, 0.4) is 0 Å². The average molecular weight is 263 g/mol. The molecule has 1 saturated heterocycles. The van der Waals surface area contributed by atoms with Gasteiger partial charge in [-0.15, -0.1) is 0 Å². The second-order valence-electron chi connectivity index (χ2n) is 5.34. The molecule has 0 amide bonds. The standard InChI is InChI=1S/C16H25NO2/c1-13(17-15-9-11-19-12-10-15)3-4-14-5-7-16(18-2)8-6-14/h5-8,13,15,17H,3-4,9-12H2,1-2H3. The monoisotopic (exact) mass is 263 g/mol. The summed E-state index contributed by atoms with van der Waals surface area (Å²) in [6, 6.07) is 9.57. The van der Waals surface area contributed by atoms with Gasteiger partial charge in [0.25, 0.3) is 0 Å². The zero-order chi connectivity index (χ0) is 13.5. The lowest BCUT2D eigenvalue weighted by molar-refractivity contribution is 0.0752. The first-order valence-corrected chi connectivity index (χ1v) is 7.24. The number of nitrogens with one attached hydrogen (secondary N) is 1. The largest absolute Gasteiger partial charge is 0.497 e. The molecule has 0 spiro atoms. The van der Waals surface area contributed by atoms with E-state index in [2.05, 4.69) is 24.4 Å². The molecule has 1 aliphatic heterocycles. The Balaban J connectivity index is 1.71. The molecule has 2 rings (SSSR count). The van der Waals surface area contributed by atoms with Crippen molar-refractivity contribution in [3.63, 3.8) is 0 Å². The molecular formula is C16H25NO2. The van der Waals surface area contributed by atoms with Crippen molar-refractivity contribution in [2.45, 2.75) is 44.7 Å². The van der Waals surface area contributed by atoms with E-state index in [-0.39, 0.29) is 0 Å². The predicted octanol–water partition coefficient (Wildman–Crippen LogP) is 2.78. The van der Waals surface area contributed by atoms with Gasteiger partial charge in [-0.1, -0.05) is 12.1 Å². The molecule has 1 aliphatic rings. The minimum atomic E-state index is 0.560. The van der Waals surface area contributed by atoms with Gasteiger partial charge in [0.15, 0.2) is 0 Å². The molecule has 1 aromatic carbocycles. The summed E-state index contributed by atoms with van der Waals surface area (Å²) in [4.78, 5) is 0. The zero-order valence-corrected chi connectivity index (χ0v) is 12.0. The fourth-order valence-corrected chi connectivity index (χ4v) is 2.53. The van der Waals surface area contributed by atoms with Crippen LogP contribution in [0.25, 0.3) is 0 Å². The van der Waals surface area contributed by atoms with E-state index < -0.39 is 0 Å². The van der Waals surface area contributed by atoms with Crippen LogP contribution in [0.5, 0.6) is 5.75 Å². The molecule has 0 radical (unpaired) electrons. The molecule has 1 aromatic rings. The van der Waals surface area contributed by atoms with E-state index >= 15 is 0 Å². The van der Waals surface area contributed by atoms with Gasteiger partial charge in [-0.3, -0.25) is 0 Å². The van der Waals surface area contributed by atoms with Crippen LogP contribution in [-0.4, -0.2) is 32.4 Å². The Bertz CT molecular complexity index is 358. The van der Waals surface area contributed by atoms with Gasteiger partial charge in [0.05, 0.1) is 7.11 Å². The van der Waals surface area contributed by atoms with Crippen LogP contribution in [0.15, 0.2) is 24.3 Å². The lowest BCUT2D eigenvalue weighted by Gasteiger charge is -2.26. The Hall–Kier alpha value is -1.06. The topological polar surface area (TPSA) is 30.5 Å². The Kier molecular flexibility index (Phi) is 5.67. The molecule has 1 N–H and O–H groups in total. The van der Waals surface area contributed by atoms with Crippen molar-refractivity contribution >= 4 is 0 Å². The van der Waals surface area contributed by atoms with Crippen LogP contribution in [0.2, 0.25) is 0 Å². The van der Waals surface area contributed by atoms with Gasteiger partial charge in [-0.05, 0) is 50.3 Å². The molecule has 3 nitrogen and oxygen atoms in total. The molecule has 0 bridgehead atoms. The smallest absolute Gasteiger partial charge is 0.118 e. The Labute approximate surface area is 116 Å². The second kappa shape index (κ2) is 7.51. The highest BCUT2D eigenvalue weighted by Gasteiger charge is 2.15. The first-order valence-electron chi connectivity index (χ1n) is 7.24. The zero-order valence-electron chi connectivity index (χ0n) is 12.0. The lowest BCUT2D eigenvalue weighted by atomic mass is 10.0. The van der Waals surface area contributed by atoms with Crippen molar-refractivity contribution in [2.75, 3.05) is 20.3 Å². The lowest BCUT2D eigenvalue weighted by Crippen LogP contribution is -2.40. The van der Waals surface area contributed by atoms with Crippen LogP contribution in [-0.2, 0) is 11.2 Å². The number of methoxy groups -OCH3 is 1. The number of hydrogen-bond acceptors (Lipinski definition) is 3. The summed E-state index contributed by atoms with van der Waals surface area (Å²) in [5.41, 5.74) is 1.38. The first-order chi connectivity index (χ1) is 9.28. The highest BCUT2D eigenvalue weighted by molar-refractivity contribution is 5.27. The van der Waals surface area contributed by atoms with Crippen LogP contribution < -0.4 is 10.1 Å². The summed E-state index contributed by atoms with van der Waals surface area (Å²) in [5.74, 6) is 0.928. The molecule has 19 heavy (non-hydrogen) atoms. The minimum absolute atomic E-state index is 0.560. The van der Waals surface area contributed by atoms with Crippen molar-refractivity contribution in [2.24, 2.45) is 0 Å². The predicted molar refractivity (Wildman–Crippen MR) is 77.8 cm³/mol. The molecule has 0 aromatic heterocycles. The highest BCUT2D eigenvalue weighted by Crippen LogP contribution is 2.14. The van der Waals surface area contributed by atoms with Crippen molar-refractivity contribution in [3.8, 4) is 5.75 Å². The third kappa shape index (κ3) is 4.84. The molecule has 0 saturated carbocycles. The molecule has 1 fully saturated rings. The van der Waals surface area contributed by atoms with Crippen molar-refractivity contribution in [3.05, 3.63) is 29.8 Å². The third-order valence-corrected chi connectivity index (χ3v) is 3.77. The van der Waals surface area contributed by atoms with E-state index in [4.69, 9.17) is 9.47 Å². The first kappa shape index (κ1) is 14.4. The summed E-state index contributed by atoms with van der Waals surface area (Å²) in [5, 5.41) is 3.71. The Morgan fingerprint density at radius 2 is 1.95 bits per heavy atom. The number of ether oxygens (including phenoxy) is 2. The number of hydrogen-bond donors (Lipinski definition) is 1. The number of aryl methyl sites for hydroxylation is 1. The number of benzene rings is 1. The quantitative estimate of drug-likeness (QED) is 0.856. The maximum Gasteiger partial charge on any atom is 0.118 e. The molecule has 1 atom stereocenters. The van der Waals surface area contributed by atoms with Crippen LogP contribution in [0, 0.1) is 0 Å². The maximum absolute atomic E-state index is 5.38. The van der Waals surface area contributed by atoms with Crippen molar-refractivity contribution in [1.29, 1.82) is 0 Å². The van der Waals surface area contributed by atoms with Gasteiger partial charge < -0.3 is 14.8 Å². The van der Waals surface area contributed by atoms with Gasteiger partial charge in [0.1, 0.15) is 5.75 Å². The summed E-state index contributed by atoms with van der Waals surface area (Å²) >= 11 is 0. The molecular weight excluding hydrogens is 238 g/mol. The van der Waals surface area contributed by atoms with Crippen LogP contribution in [0.4, 0.5) is 0 Å². The molecule has 3 heteroatoms. The second-order valence-corrected chi connectivity index (χ2v) is 5.34. The number of rotatable bonds is 6. The van der Waals surface area contributed by atoms with E-state index in [1.807, 2.05) is 12.1 Å². The van der Waals surface area contributed by atoms with Gasteiger partial charge in [-0.25, -0.2) is 0 Å². The molecule has 1 unspecified atom stereocenters. The fraction of sp³-hybridized carbons (Fsp3) is 0.625. The average Bonchev–Trinajstić information content (AvgIpc) is 2.47. The molecule has 0 aliphatic carbocycles. The maximum atomic E-state index is 5.38. The van der Waals surface area contributed by atoms with E-state index in [1.54, 1.807) is 7.11 Å². The third-order valence-electron chi connectivity index (χ3n) is 3.77. The van der Waals surface area contributed by atoms with E-state index in [9.17, 15) is 0 Å². The van der Waals surface area contributed by atoms with Gasteiger partial charge in [0.2, 0.25) is 0 Å². The Morgan fingerprint density at radius 1 is 1.26 bits per heavy atom. The highest BCUT2D eigenvalue weighted by atomic mass is 16.5. The summed E-state index contributed by atoms with van der Waals surface area (Å²) in [6.07, 6.45) is 4.57. The van der Waals surface area contributed by atoms with Crippen molar-refractivity contribution < 1.29 is 9.47 Å². The fourth-order valence-electron chi connectivity index (χ4n) is 2.53. The summed E-state index contributed by atoms with van der Waals surface area (Å²) in [6.45, 7) is 4.09. The van der Waals surface area contributed by atoms with Crippen molar-refractivity contribution in [1.82, 2.24) is 5.32 Å². The van der Waals surface area contributed by atoms with E-state index in [0.29, 0.717) is 12.1 Å². The van der Waals surface area contributed by atoms with Crippen LogP contribution in [0.1, 0.15) is 31.7 Å². The minimum Gasteiger partial charge on any atom is -0.497 e. The summed E-state index contributed by atoms with van der Waals surface area (Å²) in [7, 11) is 1.70. The molecule has 1 heterocycles. The SMILES string of the molecule is COc1ccc(CCC(C)NC2CCOCC2)cc1. The van der Waals surface area contributed by atoms with Gasteiger partial charge in [0, 0.05) is 25.3 Å². The molecule has 106 valence electrons. The summed E-state index contributed by atoms with van der Waals surface area (Å²) < 4.78 is 10.6. The Morgan fingerprint density at radius 3 is 2.58 bits per heavy atom.